The molecular weight excluding hydrogens is 210 g/mol. The van der Waals surface area contributed by atoms with Crippen molar-refractivity contribution in [2.24, 2.45) is 5.92 Å². The summed E-state index contributed by atoms with van der Waals surface area (Å²) < 4.78 is 0. The van der Waals surface area contributed by atoms with Gasteiger partial charge in [0.05, 0.1) is 6.10 Å². The zero-order valence-corrected chi connectivity index (χ0v) is 10.7. The maximum absolute atomic E-state index is 10.3. The molecule has 2 N–H and O–H groups in total. The molecule has 0 radical (unpaired) electrons. The van der Waals surface area contributed by atoms with Gasteiger partial charge in [-0.1, -0.05) is 29.8 Å². The second-order valence-corrected chi connectivity index (χ2v) is 5.21. The van der Waals surface area contributed by atoms with Gasteiger partial charge < -0.3 is 10.4 Å². The van der Waals surface area contributed by atoms with Gasteiger partial charge in [-0.15, -0.1) is 0 Å². The third kappa shape index (κ3) is 3.83. The molecule has 1 aliphatic heterocycles. The lowest BCUT2D eigenvalue weighted by Gasteiger charge is -2.18. The summed E-state index contributed by atoms with van der Waals surface area (Å²) in [6.07, 6.45) is 4.30. The standard InChI is InChI=1S/C15H23NO/c1-12-4-2-6-14(10-12)15(17)11-13-5-3-8-16-9-7-13/h2,4,6,10,13,15-17H,3,5,7-9,11H2,1H3. The predicted octanol–water partition coefficient (Wildman–Crippen LogP) is 2.81. The number of benzene rings is 1. The molecule has 1 heterocycles. The van der Waals surface area contributed by atoms with Crippen LogP contribution in [0.25, 0.3) is 0 Å². The van der Waals surface area contributed by atoms with E-state index in [0.717, 1.165) is 25.1 Å². The first kappa shape index (κ1) is 12.6. The summed E-state index contributed by atoms with van der Waals surface area (Å²) in [5, 5.41) is 13.7. The van der Waals surface area contributed by atoms with E-state index in [0.29, 0.717) is 5.92 Å². The van der Waals surface area contributed by atoms with Crippen molar-refractivity contribution in [3.05, 3.63) is 35.4 Å². The highest BCUT2D eigenvalue weighted by Crippen LogP contribution is 2.27. The maximum Gasteiger partial charge on any atom is 0.0792 e. The number of nitrogens with one attached hydrogen (secondary N) is 1. The molecule has 2 heteroatoms. The number of aliphatic hydroxyl groups is 1. The lowest BCUT2D eigenvalue weighted by Crippen LogP contribution is -2.14. The Bertz CT molecular complexity index is 343. The third-order valence-electron chi connectivity index (χ3n) is 3.68. The lowest BCUT2D eigenvalue weighted by molar-refractivity contribution is 0.140. The van der Waals surface area contributed by atoms with E-state index in [1.165, 1.54) is 24.8 Å². The molecule has 0 bridgehead atoms. The van der Waals surface area contributed by atoms with Crippen molar-refractivity contribution in [1.29, 1.82) is 0 Å². The molecule has 2 nitrogen and oxygen atoms in total. The van der Waals surface area contributed by atoms with Crippen LogP contribution in [0.15, 0.2) is 24.3 Å². The minimum absolute atomic E-state index is 0.294. The number of aliphatic hydroxyl groups excluding tert-OH is 1. The molecule has 0 spiro atoms. The second kappa shape index (κ2) is 6.18. The lowest BCUT2D eigenvalue weighted by atomic mass is 9.91. The molecule has 1 saturated heterocycles. The van der Waals surface area contributed by atoms with Gasteiger partial charge in [0.15, 0.2) is 0 Å². The van der Waals surface area contributed by atoms with Crippen LogP contribution in [0.4, 0.5) is 0 Å². The largest absolute Gasteiger partial charge is 0.388 e. The van der Waals surface area contributed by atoms with E-state index in [4.69, 9.17) is 0 Å². The van der Waals surface area contributed by atoms with Crippen molar-refractivity contribution in [1.82, 2.24) is 5.32 Å². The first-order chi connectivity index (χ1) is 8.25. The molecule has 1 aromatic rings. The highest BCUT2D eigenvalue weighted by Gasteiger charge is 2.17. The Morgan fingerprint density at radius 2 is 2.24 bits per heavy atom. The maximum atomic E-state index is 10.3. The van der Waals surface area contributed by atoms with Crippen LogP contribution in [0, 0.1) is 12.8 Å². The Morgan fingerprint density at radius 1 is 1.35 bits per heavy atom. The average Bonchev–Trinajstić information content (AvgIpc) is 2.57. The Balaban J connectivity index is 1.93. The molecule has 1 fully saturated rings. The minimum atomic E-state index is -0.294. The van der Waals surface area contributed by atoms with Gasteiger partial charge in [-0.3, -0.25) is 0 Å². The molecule has 94 valence electrons. The topological polar surface area (TPSA) is 32.3 Å². The Kier molecular flexibility index (Phi) is 4.57. The van der Waals surface area contributed by atoms with Gasteiger partial charge in [0, 0.05) is 0 Å². The summed E-state index contributed by atoms with van der Waals surface area (Å²) in [7, 11) is 0. The molecule has 0 aromatic heterocycles. The predicted molar refractivity (Wildman–Crippen MR) is 71.0 cm³/mol. The average molecular weight is 233 g/mol. The molecule has 2 rings (SSSR count). The normalized spacial score (nSPS) is 23.1. The first-order valence-electron chi connectivity index (χ1n) is 6.71. The van der Waals surface area contributed by atoms with E-state index < -0.39 is 0 Å². The van der Waals surface area contributed by atoms with Gasteiger partial charge >= 0.3 is 0 Å². The smallest absolute Gasteiger partial charge is 0.0792 e. The van der Waals surface area contributed by atoms with Crippen molar-refractivity contribution in [3.8, 4) is 0 Å². The van der Waals surface area contributed by atoms with Gasteiger partial charge in [-0.2, -0.15) is 0 Å². The van der Waals surface area contributed by atoms with Crippen LogP contribution in [0.5, 0.6) is 0 Å². The van der Waals surface area contributed by atoms with Crippen LogP contribution in [-0.2, 0) is 0 Å². The third-order valence-corrected chi connectivity index (χ3v) is 3.68. The molecule has 1 aliphatic rings. The van der Waals surface area contributed by atoms with E-state index in [-0.39, 0.29) is 6.10 Å². The van der Waals surface area contributed by atoms with Crippen molar-refractivity contribution < 1.29 is 5.11 Å². The van der Waals surface area contributed by atoms with Crippen LogP contribution in [0.1, 0.15) is 42.9 Å². The van der Waals surface area contributed by atoms with Gasteiger partial charge in [-0.25, -0.2) is 0 Å². The fourth-order valence-corrected chi connectivity index (χ4v) is 2.66. The Morgan fingerprint density at radius 3 is 3.06 bits per heavy atom. The van der Waals surface area contributed by atoms with Crippen LogP contribution >= 0.6 is 0 Å². The summed E-state index contributed by atoms with van der Waals surface area (Å²) in [4.78, 5) is 0. The van der Waals surface area contributed by atoms with E-state index in [1.807, 2.05) is 12.1 Å². The molecule has 17 heavy (non-hydrogen) atoms. The molecule has 0 amide bonds. The van der Waals surface area contributed by atoms with Crippen LogP contribution in [0.3, 0.4) is 0 Å². The summed E-state index contributed by atoms with van der Waals surface area (Å²) in [5.41, 5.74) is 2.30. The molecule has 2 unspecified atom stereocenters. The van der Waals surface area contributed by atoms with E-state index in [9.17, 15) is 5.11 Å². The quantitative estimate of drug-likeness (QED) is 0.841. The first-order valence-corrected chi connectivity index (χ1v) is 6.71. The number of hydrogen-bond donors (Lipinski definition) is 2. The number of rotatable bonds is 3. The molecular formula is C15H23NO. The van der Waals surface area contributed by atoms with Gasteiger partial charge in [0.1, 0.15) is 0 Å². The highest BCUT2D eigenvalue weighted by molar-refractivity contribution is 5.24. The Labute approximate surface area is 104 Å². The van der Waals surface area contributed by atoms with Crippen molar-refractivity contribution >= 4 is 0 Å². The summed E-state index contributed by atoms with van der Waals surface area (Å²) >= 11 is 0. The van der Waals surface area contributed by atoms with Crippen LogP contribution < -0.4 is 5.32 Å². The molecule has 1 aromatic carbocycles. The fraction of sp³-hybridized carbons (Fsp3) is 0.600. The summed E-state index contributed by atoms with van der Waals surface area (Å²) in [6.45, 7) is 4.31. The summed E-state index contributed by atoms with van der Waals surface area (Å²) in [5.74, 6) is 0.667. The van der Waals surface area contributed by atoms with Gasteiger partial charge in [-0.05, 0) is 57.2 Å². The van der Waals surface area contributed by atoms with Crippen LogP contribution in [0.2, 0.25) is 0 Å². The number of aryl methyl sites for hydroxylation is 1. The number of hydrogen-bond acceptors (Lipinski definition) is 2. The zero-order valence-electron chi connectivity index (χ0n) is 10.7. The van der Waals surface area contributed by atoms with Gasteiger partial charge in [0.25, 0.3) is 0 Å². The molecule has 0 aliphatic carbocycles. The monoisotopic (exact) mass is 233 g/mol. The fourth-order valence-electron chi connectivity index (χ4n) is 2.66. The van der Waals surface area contributed by atoms with E-state index in [2.05, 4.69) is 24.4 Å². The van der Waals surface area contributed by atoms with E-state index in [1.54, 1.807) is 0 Å². The van der Waals surface area contributed by atoms with Crippen molar-refractivity contribution in [3.63, 3.8) is 0 Å². The molecule has 0 saturated carbocycles. The zero-order chi connectivity index (χ0) is 12.1. The van der Waals surface area contributed by atoms with Crippen molar-refractivity contribution in [2.75, 3.05) is 13.1 Å². The minimum Gasteiger partial charge on any atom is -0.388 e. The molecule has 2 atom stereocenters. The second-order valence-electron chi connectivity index (χ2n) is 5.21. The SMILES string of the molecule is Cc1cccc(C(O)CC2CCCNCC2)c1. The highest BCUT2D eigenvalue weighted by atomic mass is 16.3. The Hall–Kier alpha value is -0.860. The van der Waals surface area contributed by atoms with Crippen molar-refractivity contribution in [2.45, 2.75) is 38.7 Å². The van der Waals surface area contributed by atoms with Crippen LogP contribution in [-0.4, -0.2) is 18.2 Å². The van der Waals surface area contributed by atoms with E-state index >= 15 is 0 Å². The van der Waals surface area contributed by atoms with Gasteiger partial charge in [0.2, 0.25) is 0 Å². The summed E-state index contributed by atoms with van der Waals surface area (Å²) in [6, 6.07) is 8.24.